The summed E-state index contributed by atoms with van der Waals surface area (Å²) < 4.78 is 19.4. The maximum Gasteiger partial charge on any atom is 0.181 e. The monoisotopic (exact) mass is 314 g/mol. The molecule has 0 aliphatic heterocycles. The summed E-state index contributed by atoms with van der Waals surface area (Å²) in [6.45, 7) is 0. The molecule has 0 N–H and O–H groups in total. The molecule has 0 aliphatic carbocycles. The van der Waals surface area contributed by atoms with Crippen molar-refractivity contribution in [2.24, 2.45) is 0 Å². The zero-order valence-corrected chi connectivity index (χ0v) is 11.1. The van der Waals surface area contributed by atoms with E-state index in [1.54, 1.807) is 24.3 Å². The van der Waals surface area contributed by atoms with E-state index in [0.717, 1.165) is 0 Å². The van der Waals surface area contributed by atoms with Crippen LogP contribution in [0.3, 0.4) is 0 Å². The maximum atomic E-state index is 14.0. The number of benzene rings is 2. The average molecular weight is 316 g/mol. The van der Waals surface area contributed by atoms with Gasteiger partial charge in [0.05, 0.1) is 5.02 Å². The number of hydrogen-bond donors (Lipinski definition) is 0. The van der Waals surface area contributed by atoms with Crippen LogP contribution >= 0.6 is 27.5 Å². The Bertz CT molecular complexity index is 516. The smallest absolute Gasteiger partial charge is 0.181 e. The summed E-state index contributed by atoms with van der Waals surface area (Å²) in [5.74, 6) is 0.188. The minimum atomic E-state index is -0.432. The van der Waals surface area contributed by atoms with E-state index in [1.807, 2.05) is 18.2 Å². The summed E-state index contributed by atoms with van der Waals surface area (Å²) in [6.07, 6.45) is 0. The summed E-state index contributed by atoms with van der Waals surface area (Å²) in [5, 5.41) is 0.678. The third-order valence-electron chi connectivity index (χ3n) is 2.24. The zero-order valence-electron chi connectivity index (χ0n) is 8.79. The first-order valence-corrected chi connectivity index (χ1v) is 6.48. The number of para-hydroxylation sites is 1. The highest BCUT2D eigenvalue weighted by Crippen LogP contribution is 2.34. The second-order valence-corrected chi connectivity index (χ2v) is 4.37. The summed E-state index contributed by atoms with van der Waals surface area (Å²) in [7, 11) is 0. The summed E-state index contributed by atoms with van der Waals surface area (Å²) in [5.41, 5.74) is 0.514. The van der Waals surface area contributed by atoms with Crippen LogP contribution in [0.15, 0.2) is 42.5 Å². The van der Waals surface area contributed by atoms with Crippen molar-refractivity contribution >= 4 is 27.5 Å². The number of alkyl halides is 1. The zero-order chi connectivity index (χ0) is 12.3. The number of halogens is 3. The van der Waals surface area contributed by atoms with E-state index in [2.05, 4.69) is 15.9 Å². The van der Waals surface area contributed by atoms with E-state index in [-0.39, 0.29) is 10.8 Å². The molecular formula is C13H9BrClFO. The minimum Gasteiger partial charge on any atom is -0.453 e. The van der Waals surface area contributed by atoms with E-state index in [9.17, 15) is 4.39 Å². The lowest BCUT2D eigenvalue weighted by Gasteiger charge is -2.10. The van der Waals surface area contributed by atoms with Crippen LogP contribution in [0.2, 0.25) is 5.02 Å². The molecule has 0 amide bonds. The summed E-state index contributed by atoms with van der Waals surface area (Å²) in [6, 6.07) is 12.2. The van der Waals surface area contributed by atoms with E-state index >= 15 is 0 Å². The van der Waals surface area contributed by atoms with Crippen molar-refractivity contribution in [2.45, 2.75) is 5.33 Å². The summed E-state index contributed by atoms with van der Waals surface area (Å²) >= 11 is 9.14. The maximum absolute atomic E-state index is 14.0. The fourth-order valence-corrected chi connectivity index (χ4v) is 1.99. The van der Waals surface area contributed by atoms with E-state index < -0.39 is 5.82 Å². The van der Waals surface area contributed by atoms with Gasteiger partial charge in [0, 0.05) is 10.9 Å². The van der Waals surface area contributed by atoms with Crippen LogP contribution < -0.4 is 4.74 Å². The van der Waals surface area contributed by atoms with Gasteiger partial charge in [-0.25, -0.2) is 4.39 Å². The average Bonchev–Trinajstić information content (AvgIpc) is 2.36. The first-order chi connectivity index (χ1) is 8.22. The SMILES string of the molecule is Fc1c(CBr)ccc(Cl)c1Oc1ccccc1. The Hall–Kier alpha value is -1.06. The van der Waals surface area contributed by atoms with Crippen LogP contribution in [0.1, 0.15) is 5.56 Å². The molecule has 0 radical (unpaired) electrons. The molecule has 1 nitrogen and oxygen atoms in total. The van der Waals surface area contributed by atoms with Gasteiger partial charge in [0.15, 0.2) is 11.6 Å². The van der Waals surface area contributed by atoms with Crippen LogP contribution in [-0.2, 0) is 5.33 Å². The minimum absolute atomic E-state index is 0.0646. The molecule has 0 unspecified atom stereocenters. The molecule has 0 spiro atoms. The van der Waals surface area contributed by atoms with Gasteiger partial charge in [-0.3, -0.25) is 0 Å². The highest BCUT2D eigenvalue weighted by atomic mass is 79.9. The van der Waals surface area contributed by atoms with Crippen LogP contribution in [0.4, 0.5) is 4.39 Å². The Labute approximate surface area is 112 Å². The van der Waals surface area contributed by atoms with Crippen LogP contribution in [0, 0.1) is 5.82 Å². The molecule has 4 heteroatoms. The Morgan fingerprint density at radius 1 is 1.12 bits per heavy atom. The van der Waals surface area contributed by atoms with Crippen molar-refractivity contribution in [3.05, 3.63) is 58.9 Å². The van der Waals surface area contributed by atoms with Crippen molar-refractivity contribution in [1.82, 2.24) is 0 Å². The highest BCUT2D eigenvalue weighted by molar-refractivity contribution is 9.08. The van der Waals surface area contributed by atoms with Gasteiger partial charge in [-0.1, -0.05) is 51.8 Å². The van der Waals surface area contributed by atoms with Gasteiger partial charge in [0.1, 0.15) is 5.75 Å². The van der Waals surface area contributed by atoms with Gasteiger partial charge in [-0.2, -0.15) is 0 Å². The van der Waals surface area contributed by atoms with Gasteiger partial charge < -0.3 is 4.74 Å². The molecule has 88 valence electrons. The first kappa shape index (κ1) is 12.4. The standard InChI is InChI=1S/C13H9BrClFO/c14-8-9-6-7-11(15)13(12(9)16)17-10-4-2-1-3-5-10/h1-7H,8H2. The van der Waals surface area contributed by atoms with E-state index in [0.29, 0.717) is 16.6 Å². The van der Waals surface area contributed by atoms with Crippen LogP contribution in [0.25, 0.3) is 0 Å². The molecule has 0 aliphatic rings. The lowest BCUT2D eigenvalue weighted by molar-refractivity contribution is 0.440. The molecule has 0 saturated carbocycles. The molecule has 2 rings (SSSR count). The van der Waals surface area contributed by atoms with Crippen molar-refractivity contribution in [3.8, 4) is 11.5 Å². The van der Waals surface area contributed by atoms with Gasteiger partial charge in [-0.15, -0.1) is 0 Å². The second-order valence-electron chi connectivity index (χ2n) is 3.40. The first-order valence-electron chi connectivity index (χ1n) is 4.98. The van der Waals surface area contributed by atoms with Gasteiger partial charge in [0.2, 0.25) is 0 Å². The number of rotatable bonds is 3. The number of ether oxygens (including phenoxy) is 1. The molecule has 0 atom stereocenters. The van der Waals surface area contributed by atoms with Crippen molar-refractivity contribution in [2.75, 3.05) is 0 Å². The quantitative estimate of drug-likeness (QED) is 0.710. The Morgan fingerprint density at radius 3 is 2.47 bits per heavy atom. The summed E-state index contributed by atoms with van der Waals surface area (Å²) in [4.78, 5) is 0. The molecular weight excluding hydrogens is 306 g/mol. The Balaban J connectivity index is 2.38. The van der Waals surface area contributed by atoms with Crippen molar-refractivity contribution < 1.29 is 9.13 Å². The molecule has 0 fully saturated rings. The van der Waals surface area contributed by atoms with Gasteiger partial charge in [0.25, 0.3) is 0 Å². The molecule has 2 aromatic carbocycles. The molecule has 0 saturated heterocycles. The lowest BCUT2D eigenvalue weighted by atomic mass is 10.2. The topological polar surface area (TPSA) is 9.23 Å². The Kier molecular flexibility index (Phi) is 4.02. The highest BCUT2D eigenvalue weighted by Gasteiger charge is 2.13. The van der Waals surface area contributed by atoms with Crippen LogP contribution in [0.5, 0.6) is 11.5 Å². The fourth-order valence-electron chi connectivity index (χ4n) is 1.38. The predicted molar refractivity (Wildman–Crippen MR) is 70.6 cm³/mol. The third-order valence-corrected chi connectivity index (χ3v) is 3.14. The van der Waals surface area contributed by atoms with E-state index in [1.165, 1.54) is 0 Å². The van der Waals surface area contributed by atoms with Crippen molar-refractivity contribution in [3.63, 3.8) is 0 Å². The largest absolute Gasteiger partial charge is 0.453 e. The Morgan fingerprint density at radius 2 is 1.82 bits per heavy atom. The van der Waals surface area contributed by atoms with Gasteiger partial charge in [-0.05, 0) is 18.2 Å². The normalized spacial score (nSPS) is 10.3. The second kappa shape index (κ2) is 5.52. The number of hydrogen-bond acceptors (Lipinski definition) is 1. The molecule has 0 bridgehead atoms. The molecule has 17 heavy (non-hydrogen) atoms. The molecule has 0 heterocycles. The fraction of sp³-hybridized carbons (Fsp3) is 0.0769. The third kappa shape index (κ3) is 2.79. The lowest BCUT2D eigenvalue weighted by Crippen LogP contribution is -1.93. The van der Waals surface area contributed by atoms with E-state index in [4.69, 9.17) is 16.3 Å². The molecule has 0 aromatic heterocycles. The van der Waals surface area contributed by atoms with Crippen molar-refractivity contribution in [1.29, 1.82) is 0 Å². The van der Waals surface area contributed by atoms with Crippen LogP contribution in [-0.4, -0.2) is 0 Å². The van der Waals surface area contributed by atoms with Gasteiger partial charge >= 0.3 is 0 Å². The molecule has 2 aromatic rings. The predicted octanol–water partition coefficient (Wildman–Crippen LogP) is 5.17.